The molecule has 1 aliphatic carbocycles. The number of esters is 1. The van der Waals surface area contributed by atoms with Gasteiger partial charge in [-0.2, -0.15) is 4.98 Å². The van der Waals surface area contributed by atoms with E-state index in [0.29, 0.717) is 40.6 Å². The summed E-state index contributed by atoms with van der Waals surface area (Å²) >= 11 is 12.9. The van der Waals surface area contributed by atoms with E-state index in [0.717, 1.165) is 0 Å². The number of alkyl halides is 1. The van der Waals surface area contributed by atoms with Gasteiger partial charge in [-0.25, -0.2) is 0 Å². The van der Waals surface area contributed by atoms with Gasteiger partial charge in [0.05, 0.1) is 28.0 Å². The lowest BCUT2D eigenvalue weighted by atomic mass is 9.82. The van der Waals surface area contributed by atoms with E-state index in [4.69, 9.17) is 41.9 Å². The van der Waals surface area contributed by atoms with Crippen molar-refractivity contribution < 1.29 is 23.5 Å². The maximum absolute atomic E-state index is 12.1. The van der Waals surface area contributed by atoms with E-state index in [1.54, 1.807) is 30.5 Å². The van der Waals surface area contributed by atoms with Crippen molar-refractivity contribution in [3.63, 3.8) is 0 Å². The van der Waals surface area contributed by atoms with Gasteiger partial charge in [0.2, 0.25) is 5.82 Å². The highest BCUT2D eigenvalue weighted by atomic mass is 35.5. The summed E-state index contributed by atoms with van der Waals surface area (Å²) in [6.45, 7) is 9.44. The van der Waals surface area contributed by atoms with Crippen LogP contribution < -0.4 is 4.74 Å². The smallest absolute Gasteiger partial charge is 0.309 e. The van der Waals surface area contributed by atoms with Gasteiger partial charge in [0.15, 0.2) is 6.23 Å². The predicted octanol–water partition coefficient (Wildman–Crippen LogP) is 5.72. The van der Waals surface area contributed by atoms with Gasteiger partial charge in [-0.1, -0.05) is 16.8 Å². The molecule has 0 bridgehead atoms. The number of carbonyl (C=O) groups is 1. The molecule has 1 saturated carbocycles. The second-order valence-electron chi connectivity index (χ2n) is 9.93. The molecule has 2 aliphatic rings. The molecule has 0 spiro atoms. The molecule has 1 aliphatic heterocycles. The van der Waals surface area contributed by atoms with E-state index in [2.05, 4.69) is 15.1 Å². The van der Waals surface area contributed by atoms with Crippen LogP contribution in [-0.4, -0.2) is 51.7 Å². The molecule has 1 aromatic carbocycles. The fraction of sp³-hybridized carbons (Fsp3) is 0.520. The van der Waals surface area contributed by atoms with Gasteiger partial charge < -0.3 is 18.7 Å². The Morgan fingerprint density at radius 2 is 1.97 bits per heavy atom. The van der Waals surface area contributed by atoms with E-state index in [1.165, 1.54) is 0 Å². The third-order valence-corrected chi connectivity index (χ3v) is 6.03. The summed E-state index contributed by atoms with van der Waals surface area (Å²) in [5.74, 6) is 0.922. The van der Waals surface area contributed by atoms with Crippen LogP contribution in [0.1, 0.15) is 53.4 Å². The van der Waals surface area contributed by atoms with Crippen molar-refractivity contribution in [3.05, 3.63) is 35.2 Å². The van der Waals surface area contributed by atoms with E-state index in [1.807, 2.05) is 34.6 Å². The minimum Gasteiger partial charge on any atom is -0.490 e. The second-order valence-corrected chi connectivity index (χ2v) is 10.8. The Hall–Kier alpha value is -2.42. The summed E-state index contributed by atoms with van der Waals surface area (Å²) in [6.07, 6.45) is 4.11. The van der Waals surface area contributed by atoms with Crippen molar-refractivity contribution in [2.45, 2.75) is 76.9 Å². The highest BCUT2D eigenvalue weighted by Crippen LogP contribution is 2.36. The molecule has 2 unspecified atom stereocenters. The topological polar surface area (TPSA) is 96.0 Å². The van der Waals surface area contributed by atoms with Crippen LogP contribution in [-0.2, 0) is 14.3 Å². The molecule has 1 fully saturated rings. The molecule has 8 nitrogen and oxygen atoms in total. The fourth-order valence-corrected chi connectivity index (χ4v) is 4.20. The number of aliphatic imine (C=N–C) groups is 1. The molecule has 2 aromatic rings. The zero-order chi connectivity index (χ0) is 25.3. The number of nitrogens with zero attached hydrogens (tertiary/aromatic N) is 3. The maximum Gasteiger partial charge on any atom is 0.309 e. The summed E-state index contributed by atoms with van der Waals surface area (Å²) in [7, 11) is 0. The molecule has 0 amide bonds. The van der Waals surface area contributed by atoms with Crippen molar-refractivity contribution in [2.75, 3.05) is 0 Å². The van der Waals surface area contributed by atoms with Crippen LogP contribution in [0, 0.1) is 5.92 Å². The van der Waals surface area contributed by atoms with Crippen LogP contribution in [0.25, 0.3) is 17.0 Å². The summed E-state index contributed by atoms with van der Waals surface area (Å²) < 4.78 is 22.5. The minimum absolute atomic E-state index is 0.00754. The van der Waals surface area contributed by atoms with Crippen molar-refractivity contribution in [3.8, 4) is 17.1 Å². The molecule has 188 valence electrons. The first-order chi connectivity index (χ1) is 16.5. The summed E-state index contributed by atoms with van der Waals surface area (Å²) in [6, 6.07) is 5.27. The molecule has 2 atom stereocenters. The number of benzene rings is 1. The normalized spacial score (nSPS) is 24.2. The number of carbonyl (C=O) groups excluding carboxylic acids is 1. The molecule has 10 heteroatoms. The Labute approximate surface area is 214 Å². The number of rotatable bonds is 7. The first-order valence-electron chi connectivity index (χ1n) is 11.6. The van der Waals surface area contributed by atoms with E-state index in [-0.39, 0.29) is 30.0 Å². The van der Waals surface area contributed by atoms with Gasteiger partial charge in [-0.3, -0.25) is 9.79 Å². The largest absolute Gasteiger partial charge is 0.490 e. The molecule has 0 radical (unpaired) electrons. The van der Waals surface area contributed by atoms with Crippen LogP contribution in [0.5, 0.6) is 5.75 Å². The number of hydrogen-bond acceptors (Lipinski definition) is 8. The minimum atomic E-state index is -0.488. The quantitative estimate of drug-likeness (QED) is 0.339. The monoisotopic (exact) mass is 521 g/mol. The highest BCUT2D eigenvalue weighted by Gasteiger charge is 2.38. The van der Waals surface area contributed by atoms with Gasteiger partial charge in [0, 0.05) is 11.8 Å². The van der Waals surface area contributed by atoms with E-state index >= 15 is 0 Å². The van der Waals surface area contributed by atoms with Gasteiger partial charge in [-0.05, 0) is 71.7 Å². The molecule has 0 N–H and O–H groups in total. The van der Waals surface area contributed by atoms with E-state index in [9.17, 15) is 4.79 Å². The second kappa shape index (κ2) is 10.3. The first kappa shape index (κ1) is 25.7. The maximum atomic E-state index is 12.1. The summed E-state index contributed by atoms with van der Waals surface area (Å²) in [5, 5.41) is 4.02. The molecule has 35 heavy (non-hydrogen) atoms. The summed E-state index contributed by atoms with van der Waals surface area (Å²) in [5.41, 5.74) is 0.733. The van der Waals surface area contributed by atoms with Crippen molar-refractivity contribution in [1.82, 2.24) is 10.1 Å². The highest BCUT2D eigenvalue weighted by molar-refractivity contribution is 6.33. The molecular weight excluding hydrogens is 493 g/mol. The molecule has 4 rings (SSSR count). The lowest BCUT2D eigenvalue weighted by Crippen LogP contribution is -2.41. The third-order valence-electron chi connectivity index (χ3n) is 5.38. The summed E-state index contributed by atoms with van der Waals surface area (Å²) in [4.78, 5) is 20.9. The van der Waals surface area contributed by atoms with Crippen LogP contribution in [0.2, 0.25) is 5.02 Å². The third kappa shape index (κ3) is 6.42. The number of halogens is 2. The lowest BCUT2D eigenvalue weighted by Gasteiger charge is -2.35. The fourth-order valence-electron chi connectivity index (χ4n) is 3.68. The Kier molecular flexibility index (Phi) is 7.54. The van der Waals surface area contributed by atoms with Gasteiger partial charge in [0.1, 0.15) is 17.5 Å². The average molecular weight is 522 g/mol. The Bertz CT molecular complexity index is 1130. The van der Waals surface area contributed by atoms with Crippen LogP contribution in [0.4, 0.5) is 0 Å². The first-order valence-corrected chi connectivity index (χ1v) is 12.4. The van der Waals surface area contributed by atoms with Gasteiger partial charge in [0.25, 0.3) is 5.89 Å². The number of dihydropyridines is 1. The Balaban J connectivity index is 1.36. The molecule has 1 aromatic heterocycles. The SMILES string of the molecule is CC(C)OC1N=CC(c2nc(-c3ccc(OC4CC(C(=O)OC(C)(C)C)C4)cc3Cl)no2)=CC1Cl. The van der Waals surface area contributed by atoms with Crippen molar-refractivity contribution >= 4 is 41.0 Å². The average Bonchev–Trinajstić information content (AvgIpc) is 3.20. The number of aromatic nitrogens is 2. The van der Waals surface area contributed by atoms with Crippen LogP contribution >= 0.6 is 23.2 Å². The molecule has 2 heterocycles. The lowest BCUT2D eigenvalue weighted by molar-refractivity contribution is -0.166. The van der Waals surface area contributed by atoms with Crippen molar-refractivity contribution in [2.24, 2.45) is 10.9 Å². The molecule has 0 saturated heterocycles. The number of hydrogen-bond donors (Lipinski definition) is 0. The predicted molar refractivity (Wildman–Crippen MR) is 134 cm³/mol. The Morgan fingerprint density at radius 3 is 2.60 bits per heavy atom. The van der Waals surface area contributed by atoms with Crippen LogP contribution in [0.3, 0.4) is 0 Å². The van der Waals surface area contributed by atoms with Crippen LogP contribution in [0.15, 0.2) is 33.8 Å². The zero-order valence-corrected chi connectivity index (χ0v) is 21.8. The molecular formula is C25H29Cl2N3O5. The Morgan fingerprint density at radius 1 is 1.23 bits per heavy atom. The number of allylic oxidation sites excluding steroid dienone is 1. The van der Waals surface area contributed by atoms with Gasteiger partial charge in [-0.15, -0.1) is 11.6 Å². The van der Waals surface area contributed by atoms with Crippen molar-refractivity contribution in [1.29, 1.82) is 0 Å². The number of ether oxygens (including phenoxy) is 3. The van der Waals surface area contributed by atoms with E-state index < -0.39 is 17.2 Å². The standard InChI is InChI=1S/C25H29Cl2N3O5/c1-13(2)32-23-20(27)10-15(12-28-23)22-29-21(30-35-22)18-7-6-16(11-19(18)26)33-17-8-14(9-17)24(31)34-25(3,4)5/h6-7,10-14,17,20,23H,8-9H2,1-5H3. The zero-order valence-electron chi connectivity index (χ0n) is 20.3. The van der Waals surface area contributed by atoms with Gasteiger partial charge >= 0.3 is 5.97 Å².